The average Bonchev–Trinajstić information content (AvgIpc) is 2.91. The average molecular weight is 277 g/mol. The Hall–Kier alpha value is -2.90. The van der Waals surface area contributed by atoms with Gasteiger partial charge >= 0.3 is 5.97 Å². The van der Waals surface area contributed by atoms with E-state index in [9.17, 15) is 14.9 Å². The summed E-state index contributed by atoms with van der Waals surface area (Å²) in [5, 5.41) is 23.9. The first-order valence-electron chi connectivity index (χ1n) is 5.70. The maximum absolute atomic E-state index is 11.1. The molecule has 0 saturated heterocycles. The summed E-state index contributed by atoms with van der Waals surface area (Å²) in [5.41, 5.74) is -0.938. The van der Waals surface area contributed by atoms with Gasteiger partial charge in [-0.3, -0.25) is 14.8 Å². The SMILES string of the molecule is O=C(O)c1c(OCCn2cccn2)cccc1[N+](=O)[O-]. The van der Waals surface area contributed by atoms with Crippen LogP contribution >= 0.6 is 0 Å². The Bertz CT molecular complexity index is 624. The largest absolute Gasteiger partial charge is 0.490 e. The van der Waals surface area contributed by atoms with Gasteiger partial charge in [-0.25, -0.2) is 4.79 Å². The molecule has 0 aliphatic heterocycles. The number of benzene rings is 1. The number of ether oxygens (including phenoxy) is 1. The third-order valence-electron chi connectivity index (χ3n) is 2.55. The van der Waals surface area contributed by atoms with E-state index in [4.69, 9.17) is 9.84 Å². The van der Waals surface area contributed by atoms with Crippen LogP contribution in [0.1, 0.15) is 10.4 Å². The summed E-state index contributed by atoms with van der Waals surface area (Å²) in [6.45, 7) is 0.567. The first-order chi connectivity index (χ1) is 9.59. The minimum Gasteiger partial charge on any atom is -0.490 e. The molecule has 0 aliphatic carbocycles. The highest BCUT2D eigenvalue weighted by atomic mass is 16.6. The highest BCUT2D eigenvalue weighted by Gasteiger charge is 2.24. The normalized spacial score (nSPS) is 10.2. The van der Waals surface area contributed by atoms with E-state index < -0.39 is 22.1 Å². The molecule has 0 atom stereocenters. The van der Waals surface area contributed by atoms with Crippen molar-refractivity contribution in [3.63, 3.8) is 0 Å². The number of carbonyl (C=O) groups is 1. The predicted octanol–water partition coefficient (Wildman–Crippen LogP) is 1.57. The molecule has 1 N–H and O–H groups in total. The van der Waals surface area contributed by atoms with E-state index in [2.05, 4.69) is 5.10 Å². The summed E-state index contributed by atoms with van der Waals surface area (Å²) in [6, 6.07) is 5.65. The fourth-order valence-electron chi connectivity index (χ4n) is 1.69. The molecular formula is C12H11N3O5. The number of aromatic nitrogens is 2. The van der Waals surface area contributed by atoms with Crippen LogP contribution in [0.2, 0.25) is 0 Å². The van der Waals surface area contributed by atoms with Crippen LogP contribution in [0.15, 0.2) is 36.7 Å². The lowest BCUT2D eigenvalue weighted by molar-refractivity contribution is -0.385. The van der Waals surface area contributed by atoms with Crippen LogP contribution in [-0.4, -0.2) is 32.4 Å². The van der Waals surface area contributed by atoms with E-state index in [-0.39, 0.29) is 12.4 Å². The second-order valence-electron chi connectivity index (χ2n) is 3.83. The second-order valence-corrected chi connectivity index (χ2v) is 3.83. The molecule has 1 heterocycles. The highest BCUT2D eigenvalue weighted by molar-refractivity contribution is 5.95. The van der Waals surface area contributed by atoms with Crippen LogP contribution in [0.3, 0.4) is 0 Å². The van der Waals surface area contributed by atoms with Gasteiger partial charge in [0.15, 0.2) is 5.56 Å². The van der Waals surface area contributed by atoms with E-state index in [0.29, 0.717) is 6.54 Å². The van der Waals surface area contributed by atoms with E-state index in [1.807, 2.05) is 0 Å². The molecule has 104 valence electrons. The zero-order chi connectivity index (χ0) is 14.5. The lowest BCUT2D eigenvalue weighted by Gasteiger charge is -2.09. The predicted molar refractivity (Wildman–Crippen MR) is 67.8 cm³/mol. The smallest absolute Gasteiger partial charge is 0.346 e. The first-order valence-corrected chi connectivity index (χ1v) is 5.70. The molecular weight excluding hydrogens is 266 g/mol. The van der Waals surface area contributed by atoms with Gasteiger partial charge in [-0.2, -0.15) is 5.10 Å². The van der Waals surface area contributed by atoms with Gasteiger partial charge in [-0.05, 0) is 12.1 Å². The van der Waals surface area contributed by atoms with Crippen LogP contribution in [0.25, 0.3) is 0 Å². The Balaban J connectivity index is 2.16. The topological polar surface area (TPSA) is 107 Å². The summed E-state index contributed by atoms with van der Waals surface area (Å²) in [4.78, 5) is 21.2. The zero-order valence-electron chi connectivity index (χ0n) is 10.3. The Morgan fingerprint density at radius 3 is 2.85 bits per heavy atom. The Labute approximate surface area is 113 Å². The maximum atomic E-state index is 11.1. The van der Waals surface area contributed by atoms with Crippen LogP contribution in [0.5, 0.6) is 5.75 Å². The molecule has 8 nitrogen and oxygen atoms in total. The van der Waals surface area contributed by atoms with Crippen molar-refractivity contribution >= 4 is 11.7 Å². The number of hydrogen-bond donors (Lipinski definition) is 1. The fraction of sp³-hybridized carbons (Fsp3) is 0.167. The van der Waals surface area contributed by atoms with Gasteiger partial charge in [-0.1, -0.05) is 6.07 Å². The number of carboxylic acid groups (broad SMARTS) is 1. The van der Waals surface area contributed by atoms with Crippen molar-refractivity contribution in [2.75, 3.05) is 6.61 Å². The van der Waals surface area contributed by atoms with Crippen molar-refractivity contribution in [3.8, 4) is 5.75 Å². The summed E-state index contributed by atoms with van der Waals surface area (Å²) < 4.78 is 6.93. The monoisotopic (exact) mass is 277 g/mol. The third-order valence-corrected chi connectivity index (χ3v) is 2.55. The Morgan fingerprint density at radius 1 is 1.45 bits per heavy atom. The van der Waals surface area contributed by atoms with Crippen LogP contribution in [-0.2, 0) is 6.54 Å². The van der Waals surface area contributed by atoms with Gasteiger partial charge in [0, 0.05) is 18.5 Å². The van der Waals surface area contributed by atoms with Gasteiger partial charge in [0.1, 0.15) is 12.4 Å². The van der Waals surface area contributed by atoms with Crippen LogP contribution < -0.4 is 4.74 Å². The summed E-state index contributed by atoms with van der Waals surface area (Å²) in [7, 11) is 0. The fourth-order valence-corrected chi connectivity index (χ4v) is 1.69. The molecule has 0 spiro atoms. The van der Waals surface area contributed by atoms with E-state index in [0.717, 1.165) is 6.07 Å². The summed E-state index contributed by atoms with van der Waals surface area (Å²) in [6.07, 6.45) is 3.34. The highest BCUT2D eigenvalue weighted by Crippen LogP contribution is 2.28. The van der Waals surface area contributed by atoms with Crippen LogP contribution in [0, 0.1) is 10.1 Å². The molecule has 8 heteroatoms. The number of carboxylic acids is 1. The first kappa shape index (κ1) is 13.5. The van der Waals surface area contributed by atoms with Gasteiger partial charge in [0.25, 0.3) is 5.69 Å². The molecule has 2 rings (SSSR count). The van der Waals surface area contributed by atoms with E-state index in [1.54, 1.807) is 23.1 Å². The number of nitrogens with zero attached hydrogens (tertiary/aromatic N) is 3. The number of nitro groups is 1. The second kappa shape index (κ2) is 5.83. The van der Waals surface area contributed by atoms with Gasteiger partial charge in [0.2, 0.25) is 0 Å². The summed E-state index contributed by atoms with van der Waals surface area (Å²) >= 11 is 0. The molecule has 1 aromatic heterocycles. The third kappa shape index (κ3) is 2.91. The summed E-state index contributed by atoms with van der Waals surface area (Å²) in [5.74, 6) is -1.43. The standard InChI is InChI=1S/C12H11N3O5/c16-12(17)11-9(15(18)19)3-1-4-10(11)20-8-7-14-6-2-5-13-14/h1-6H,7-8H2,(H,16,17). The molecule has 0 radical (unpaired) electrons. The molecule has 2 aromatic rings. The van der Waals surface area contributed by atoms with Crippen molar-refractivity contribution in [1.82, 2.24) is 9.78 Å². The van der Waals surface area contributed by atoms with Gasteiger partial charge < -0.3 is 9.84 Å². The number of nitro benzene ring substituents is 1. The van der Waals surface area contributed by atoms with Crippen molar-refractivity contribution < 1.29 is 19.6 Å². The van der Waals surface area contributed by atoms with Gasteiger partial charge in [0.05, 0.1) is 11.5 Å². The molecule has 0 bridgehead atoms. The molecule has 0 fully saturated rings. The van der Waals surface area contributed by atoms with Crippen molar-refractivity contribution in [2.45, 2.75) is 6.54 Å². The number of rotatable bonds is 6. The number of hydrogen-bond acceptors (Lipinski definition) is 5. The van der Waals surface area contributed by atoms with Crippen molar-refractivity contribution in [3.05, 3.63) is 52.3 Å². The number of aromatic carboxylic acids is 1. The maximum Gasteiger partial charge on any atom is 0.346 e. The Morgan fingerprint density at radius 2 is 2.25 bits per heavy atom. The molecule has 1 aromatic carbocycles. The van der Waals surface area contributed by atoms with Crippen molar-refractivity contribution in [2.24, 2.45) is 0 Å². The molecule has 0 amide bonds. The zero-order valence-corrected chi connectivity index (χ0v) is 10.3. The molecule has 0 unspecified atom stereocenters. The van der Waals surface area contributed by atoms with E-state index >= 15 is 0 Å². The minimum absolute atomic E-state index is 0.0288. The van der Waals surface area contributed by atoms with Crippen molar-refractivity contribution in [1.29, 1.82) is 0 Å². The Kier molecular flexibility index (Phi) is 3.94. The minimum atomic E-state index is -1.40. The molecule has 0 aliphatic rings. The van der Waals surface area contributed by atoms with Crippen LogP contribution in [0.4, 0.5) is 5.69 Å². The molecule has 20 heavy (non-hydrogen) atoms. The lowest BCUT2D eigenvalue weighted by Crippen LogP contribution is -2.11. The van der Waals surface area contributed by atoms with Gasteiger partial charge in [-0.15, -0.1) is 0 Å². The van der Waals surface area contributed by atoms with E-state index in [1.165, 1.54) is 12.1 Å². The lowest BCUT2D eigenvalue weighted by atomic mass is 10.1. The quantitative estimate of drug-likeness (QED) is 0.634. The molecule has 0 saturated carbocycles.